The highest BCUT2D eigenvalue weighted by Crippen LogP contribution is 2.05. The second-order valence-electron chi connectivity index (χ2n) is 3.84. The lowest BCUT2D eigenvalue weighted by atomic mass is 10.3. The van der Waals surface area contributed by atoms with E-state index in [1.807, 2.05) is 5.32 Å². The maximum absolute atomic E-state index is 11.7. The quantitative estimate of drug-likeness (QED) is 0.588. The van der Waals surface area contributed by atoms with Crippen LogP contribution in [0.5, 0.6) is 0 Å². The predicted molar refractivity (Wildman–Crippen MR) is 64.1 cm³/mol. The van der Waals surface area contributed by atoms with Gasteiger partial charge < -0.3 is 11.1 Å². The van der Waals surface area contributed by atoms with Crippen molar-refractivity contribution < 1.29 is 18.0 Å². The third-order valence-electron chi connectivity index (χ3n) is 2.23. The first-order valence-electron chi connectivity index (χ1n) is 5.20. The molecule has 0 aliphatic rings. The fraction of sp³-hybridized carbons (Fsp3) is 0.778. The van der Waals surface area contributed by atoms with Crippen molar-refractivity contribution in [1.82, 2.24) is 10.6 Å². The van der Waals surface area contributed by atoms with E-state index in [2.05, 4.69) is 5.32 Å². The first-order valence-corrected chi connectivity index (χ1v) is 6.92. The van der Waals surface area contributed by atoms with Crippen LogP contribution in [0.25, 0.3) is 0 Å². The Morgan fingerprint density at radius 2 is 1.82 bits per heavy atom. The minimum absolute atomic E-state index is 0.174. The summed E-state index contributed by atoms with van der Waals surface area (Å²) in [6.45, 7) is 2.93. The van der Waals surface area contributed by atoms with E-state index >= 15 is 0 Å². The van der Waals surface area contributed by atoms with E-state index in [0.717, 1.165) is 0 Å². The van der Waals surface area contributed by atoms with Gasteiger partial charge in [0.05, 0.1) is 5.75 Å². The number of carbonyl (C=O) groups is 2. The average Bonchev–Trinajstić information content (AvgIpc) is 2.25. The maximum Gasteiger partial charge on any atom is 0.321 e. The van der Waals surface area contributed by atoms with E-state index in [-0.39, 0.29) is 18.2 Å². The molecule has 0 fully saturated rings. The number of rotatable bonds is 5. The predicted octanol–water partition coefficient (Wildman–Crippen LogP) is -1.02. The zero-order valence-electron chi connectivity index (χ0n) is 10.2. The Morgan fingerprint density at radius 1 is 1.29 bits per heavy atom. The van der Waals surface area contributed by atoms with Crippen molar-refractivity contribution in [2.75, 3.05) is 12.8 Å². The van der Waals surface area contributed by atoms with Gasteiger partial charge in [-0.25, -0.2) is 13.2 Å². The van der Waals surface area contributed by atoms with E-state index in [9.17, 15) is 18.0 Å². The van der Waals surface area contributed by atoms with Crippen LogP contribution < -0.4 is 16.4 Å². The zero-order valence-corrected chi connectivity index (χ0v) is 11.0. The Balaban J connectivity index is 4.52. The van der Waals surface area contributed by atoms with Crippen molar-refractivity contribution in [3.05, 3.63) is 0 Å². The molecule has 8 heteroatoms. The average molecular weight is 265 g/mol. The van der Waals surface area contributed by atoms with Gasteiger partial charge in [0.15, 0.2) is 9.84 Å². The largest absolute Gasteiger partial charge is 0.341 e. The van der Waals surface area contributed by atoms with Gasteiger partial charge in [0.25, 0.3) is 0 Å². The zero-order chi connectivity index (χ0) is 13.6. The molecule has 7 nitrogen and oxygen atoms in total. The Hall–Kier alpha value is -1.15. The third-order valence-corrected chi connectivity index (χ3v) is 4.33. The first-order chi connectivity index (χ1) is 7.70. The van der Waals surface area contributed by atoms with Crippen molar-refractivity contribution in [2.24, 2.45) is 5.73 Å². The van der Waals surface area contributed by atoms with Gasteiger partial charge in [-0.1, -0.05) is 0 Å². The van der Waals surface area contributed by atoms with E-state index in [1.54, 1.807) is 6.92 Å². The lowest BCUT2D eigenvalue weighted by Crippen LogP contribution is -2.45. The molecule has 0 spiro atoms. The topological polar surface area (TPSA) is 118 Å². The van der Waals surface area contributed by atoms with Crippen LogP contribution in [0.3, 0.4) is 0 Å². The van der Waals surface area contributed by atoms with Gasteiger partial charge in [-0.3, -0.25) is 10.1 Å². The molecule has 100 valence electrons. The number of urea groups is 1. The highest BCUT2D eigenvalue weighted by Gasteiger charge is 2.28. The van der Waals surface area contributed by atoms with Crippen molar-refractivity contribution in [3.8, 4) is 0 Å². The maximum atomic E-state index is 11.7. The summed E-state index contributed by atoms with van der Waals surface area (Å²) in [7, 11) is -2.25. The molecule has 0 saturated carbocycles. The highest BCUT2D eigenvalue weighted by atomic mass is 32.2. The normalized spacial score (nSPS) is 14.8. The van der Waals surface area contributed by atoms with Gasteiger partial charge >= 0.3 is 6.03 Å². The van der Waals surface area contributed by atoms with Gasteiger partial charge in [0.1, 0.15) is 5.25 Å². The molecule has 0 rings (SSSR count). The molecular formula is C9H19N3O4S. The number of hydrogen-bond acceptors (Lipinski definition) is 5. The summed E-state index contributed by atoms with van der Waals surface area (Å²) >= 11 is 0. The Kier molecular flexibility index (Phi) is 6.11. The molecule has 17 heavy (non-hydrogen) atoms. The summed E-state index contributed by atoms with van der Waals surface area (Å²) in [5.41, 5.74) is 5.45. The second kappa shape index (κ2) is 6.55. The standard InChI is InChI=1S/C9H19N3O4S/c1-6(10)4-5-17(15,16)7(2)8(13)12-9(14)11-3/h6-7H,4-5,10H2,1-3H3,(H2,11,12,13,14). The van der Waals surface area contributed by atoms with Crippen LogP contribution >= 0.6 is 0 Å². The fourth-order valence-electron chi connectivity index (χ4n) is 0.966. The number of hydrogen-bond donors (Lipinski definition) is 3. The fourth-order valence-corrected chi connectivity index (χ4v) is 2.41. The van der Waals surface area contributed by atoms with Crippen LogP contribution in [0.15, 0.2) is 0 Å². The Morgan fingerprint density at radius 3 is 2.24 bits per heavy atom. The Bertz CT molecular complexity index is 378. The summed E-state index contributed by atoms with van der Waals surface area (Å²) in [4.78, 5) is 22.3. The number of nitrogens with one attached hydrogen (secondary N) is 2. The molecule has 0 aromatic heterocycles. The first kappa shape index (κ1) is 15.9. The number of nitrogens with two attached hydrogens (primary N) is 1. The monoisotopic (exact) mass is 265 g/mol. The molecule has 0 aliphatic carbocycles. The molecule has 3 amide bonds. The molecule has 0 bridgehead atoms. The molecule has 2 unspecified atom stereocenters. The van der Waals surface area contributed by atoms with Crippen molar-refractivity contribution >= 4 is 21.8 Å². The van der Waals surface area contributed by atoms with Crippen molar-refractivity contribution in [3.63, 3.8) is 0 Å². The van der Waals surface area contributed by atoms with Gasteiger partial charge in [0, 0.05) is 13.1 Å². The van der Waals surface area contributed by atoms with E-state index < -0.39 is 27.0 Å². The number of imide groups is 1. The van der Waals surface area contributed by atoms with E-state index in [4.69, 9.17) is 5.73 Å². The van der Waals surface area contributed by atoms with Crippen LogP contribution in [-0.4, -0.2) is 44.4 Å². The minimum atomic E-state index is -3.58. The van der Waals surface area contributed by atoms with Gasteiger partial charge in [-0.2, -0.15) is 0 Å². The summed E-state index contributed by atoms with van der Waals surface area (Å²) in [5, 5.41) is 2.83. The Labute approximate surface area is 101 Å². The van der Waals surface area contributed by atoms with Crippen LogP contribution in [0.4, 0.5) is 4.79 Å². The van der Waals surface area contributed by atoms with Crippen LogP contribution in [0, 0.1) is 0 Å². The highest BCUT2D eigenvalue weighted by molar-refractivity contribution is 7.92. The minimum Gasteiger partial charge on any atom is -0.341 e. The molecule has 0 aliphatic heterocycles. The van der Waals surface area contributed by atoms with Crippen LogP contribution in [-0.2, 0) is 14.6 Å². The summed E-state index contributed by atoms with van der Waals surface area (Å²) in [6.07, 6.45) is 0.278. The van der Waals surface area contributed by atoms with Crippen LogP contribution in [0.2, 0.25) is 0 Å². The lowest BCUT2D eigenvalue weighted by molar-refractivity contribution is -0.119. The molecule has 2 atom stereocenters. The van der Waals surface area contributed by atoms with E-state index in [0.29, 0.717) is 0 Å². The molecule has 4 N–H and O–H groups in total. The molecule has 0 heterocycles. The summed E-state index contributed by atoms with van der Waals surface area (Å²) in [5.74, 6) is -1.01. The number of carbonyl (C=O) groups excluding carboxylic acids is 2. The molecule has 0 aromatic carbocycles. The molecule has 0 saturated heterocycles. The molecule has 0 aromatic rings. The second-order valence-corrected chi connectivity index (χ2v) is 6.28. The SMILES string of the molecule is CNC(=O)NC(=O)C(C)S(=O)(=O)CCC(C)N. The number of amides is 3. The van der Waals surface area contributed by atoms with Gasteiger partial charge in [-0.15, -0.1) is 0 Å². The van der Waals surface area contributed by atoms with E-state index in [1.165, 1.54) is 14.0 Å². The summed E-state index contributed by atoms with van der Waals surface area (Å²) < 4.78 is 23.4. The van der Waals surface area contributed by atoms with Gasteiger partial charge in [-0.05, 0) is 20.3 Å². The van der Waals surface area contributed by atoms with Crippen LogP contribution in [0.1, 0.15) is 20.3 Å². The van der Waals surface area contributed by atoms with Gasteiger partial charge in [0.2, 0.25) is 5.91 Å². The molecule has 0 radical (unpaired) electrons. The number of sulfone groups is 1. The smallest absolute Gasteiger partial charge is 0.321 e. The van der Waals surface area contributed by atoms with Crippen molar-refractivity contribution in [2.45, 2.75) is 31.6 Å². The third kappa shape index (κ3) is 5.64. The van der Waals surface area contributed by atoms with Crippen molar-refractivity contribution in [1.29, 1.82) is 0 Å². The summed E-state index contributed by atoms with van der Waals surface area (Å²) in [6, 6.07) is -0.983. The lowest BCUT2D eigenvalue weighted by Gasteiger charge is -2.13. The molecular weight excluding hydrogens is 246 g/mol.